The number of piperazine rings is 1. The molecular weight excluding hydrogens is 403 g/mol. The first-order valence-electron chi connectivity index (χ1n) is 7.56. The molecule has 1 amide bonds. The van der Waals surface area contributed by atoms with E-state index in [9.17, 15) is 4.79 Å². The van der Waals surface area contributed by atoms with Crippen molar-refractivity contribution in [3.05, 3.63) is 50.9 Å². The van der Waals surface area contributed by atoms with E-state index in [0.717, 1.165) is 42.8 Å². The van der Waals surface area contributed by atoms with Gasteiger partial charge < -0.3 is 10.6 Å². The minimum absolute atomic E-state index is 0. The molecule has 1 fully saturated rings. The Balaban J connectivity index is 0.00000156. The third-order valence-electron chi connectivity index (χ3n) is 3.92. The maximum atomic E-state index is 12.4. The van der Waals surface area contributed by atoms with Gasteiger partial charge in [-0.25, -0.2) is 4.98 Å². The molecule has 138 valence electrons. The molecule has 1 saturated heterocycles. The zero-order chi connectivity index (χ0) is 16.2. The maximum absolute atomic E-state index is 12.4. The molecule has 0 bridgehead atoms. The number of nitrogens with zero attached hydrogens (tertiary/aromatic N) is 3. The Hall–Kier alpha value is -0.890. The van der Waals surface area contributed by atoms with E-state index in [0.29, 0.717) is 12.2 Å². The van der Waals surface area contributed by atoms with Crippen molar-refractivity contribution in [2.24, 2.45) is 5.73 Å². The molecular formula is C16H21Cl3N4OS. The van der Waals surface area contributed by atoms with Gasteiger partial charge in [-0.15, -0.1) is 36.2 Å². The van der Waals surface area contributed by atoms with Crippen LogP contribution in [0.15, 0.2) is 29.6 Å². The first-order chi connectivity index (χ1) is 11.2. The fourth-order valence-electron chi connectivity index (χ4n) is 2.62. The Morgan fingerprint density at radius 2 is 1.80 bits per heavy atom. The summed E-state index contributed by atoms with van der Waals surface area (Å²) in [5.41, 5.74) is 7.30. The molecule has 25 heavy (non-hydrogen) atoms. The minimum Gasteiger partial charge on any atom is -0.335 e. The molecule has 9 heteroatoms. The lowest BCUT2D eigenvalue weighted by molar-refractivity contribution is 0.0623. The largest absolute Gasteiger partial charge is 0.335 e. The van der Waals surface area contributed by atoms with Crippen LogP contribution in [0.2, 0.25) is 5.02 Å². The van der Waals surface area contributed by atoms with Crippen molar-refractivity contribution in [3.8, 4) is 0 Å². The number of nitrogens with two attached hydrogens (primary N) is 1. The summed E-state index contributed by atoms with van der Waals surface area (Å²) in [5, 5.41) is 3.35. The predicted molar refractivity (Wildman–Crippen MR) is 107 cm³/mol. The van der Waals surface area contributed by atoms with Gasteiger partial charge in [-0.3, -0.25) is 9.69 Å². The molecule has 0 aliphatic carbocycles. The van der Waals surface area contributed by atoms with E-state index in [1.165, 1.54) is 16.9 Å². The summed E-state index contributed by atoms with van der Waals surface area (Å²) < 4.78 is 0. The molecule has 1 aliphatic rings. The van der Waals surface area contributed by atoms with Crippen LogP contribution in [0, 0.1) is 0 Å². The van der Waals surface area contributed by atoms with Crippen molar-refractivity contribution in [2.75, 3.05) is 26.2 Å². The summed E-state index contributed by atoms with van der Waals surface area (Å²) in [6, 6.07) is 7.91. The first-order valence-corrected chi connectivity index (χ1v) is 8.82. The van der Waals surface area contributed by atoms with Crippen molar-refractivity contribution in [3.63, 3.8) is 0 Å². The smallest absolute Gasteiger partial charge is 0.273 e. The van der Waals surface area contributed by atoms with Gasteiger partial charge >= 0.3 is 0 Å². The Kier molecular flexibility index (Phi) is 9.13. The topological polar surface area (TPSA) is 62.5 Å². The Morgan fingerprint density at radius 1 is 1.16 bits per heavy atom. The van der Waals surface area contributed by atoms with Crippen molar-refractivity contribution in [1.82, 2.24) is 14.8 Å². The van der Waals surface area contributed by atoms with E-state index >= 15 is 0 Å². The van der Waals surface area contributed by atoms with E-state index in [1.54, 1.807) is 5.38 Å². The highest BCUT2D eigenvalue weighted by atomic mass is 35.5. The molecule has 1 aliphatic heterocycles. The molecule has 2 aromatic rings. The van der Waals surface area contributed by atoms with Gasteiger partial charge in [-0.05, 0) is 17.7 Å². The van der Waals surface area contributed by atoms with Gasteiger partial charge in [0.15, 0.2) is 0 Å². The summed E-state index contributed by atoms with van der Waals surface area (Å²) in [5.74, 6) is 0.00657. The number of benzene rings is 1. The fraction of sp³-hybridized carbons (Fsp3) is 0.375. The number of hydrogen-bond acceptors (Lipinski definition) is 5. The van der Waals surface area contributed by atoms with Crippen LogP contribution >= 0.6 is 47.8 Å². The SMILES string of the molecule is Cl.Cl.NCc1nc(C(=O)N2CCN(Cc3ccc(Cl)cc3)CC2)cs1. The van der Waals surface area contributed by atoms with Crippen molar-refractivity contribution in [1.29, 1.82) is 0 Å². The maximum Gasteiger partial charge on any atom is 0.273 e. The lowest BCUT2D eigenvalue weighted by Gasteiger charge is -2.34. The number of carbonyl (C=O) groups is 1. The van der Waals surface area contributed by atoms with Crippen LogP contribution in [0.4, 0.5) is 0 Å². The van der Waals surface area contributed by atoms with Gasteiger partial charge in [0.2, 0.25) is 0 Å². The average Bonchev–Trinajstić information content (AvgIpc) is 3.06. The van der Waals surface area contributed by atoms with Crippen LogP contribution in [-0.2, 0) is 13.1 Å². The monoisotopic (exact) mass is 422 g/mol. The van der Waals surface area contributed by atoms with Gasteiger partial charge in [0.25, 0.3) is 5.91 Å². The lowest BCUT2D eigenvalue weighted by atomic mass is 10.2. The van der Waals surface area contributed by atoms with E-state index in [1.807, 2.05) is 29.2 Å². The number of halogens is 3. The number of thiazole rings is 1. The minimum atomic E-state index is 0. The summed E-state index contributed by atoms with van der Waals surface area (Å²) in [6.45, 7) is 4.44. The molecule has 0 atom stereocenters. The normalized spacial score (nSPS) is 14.6. The van der Waals surface area contributed by atoms with Gasteiger partial charge in [0.05, 0.1) is 0 Å². The summed E-state index contributed by atoms with van der Waals surface area (Å²) in [6.07, 6.45) is 0. The molecule has 5 nitrogen and oxygen atoms in total. The Morgan fingerprint density at radius 3 is 2.36 bits per heavy atom. The Labute approximate surface area is 169 Å². The average molecular weight is 424 g/mol. The zero-order valence-electron chi connectivity index (χ0n) is 13.6. The second-order valence-electron chi connectivity index (χ2n) is 5.53. The highest BCUT2D eigenvalue weighted by Crippen LogP contribution is 2.15. The van der Waals surface area contributed by atoms with Crippen molar-refractivity contribution >= 4 is 53.7 Å². The van der Waals surface area contributed by atoms with Crippen LogP contribution in [0.3, 0.4) is 0 Å². The van der Waals surface area contributed by atoms with Crippen LogP contribution in [0.1, 0.15) is 21.1 Å². The third kappa shape index (κ3) is 5.81. The first kappa shape index (κ1) is 22.2. The highest BCUT2D eigenvalue weighted by Gasteiger charge is 2.23. The number of aromatic nitrogens is 1. The van der Waals surface area contributed by atoms with E-state index in [-0.39, 0.29) is 30.7 Å². The summed E-state index contributed by atoms with van der Waals surface area (Å²) >= 11 is 7.35. The van der Waals surface area contributed by atoms with Crippen LogP contribution in [-0.4, -0.2) is 46.9 Å². The highest BCUT2D eigenvalue weighted by molar-refractivity contribution is 7.09. The van der Waals surface area contributed by atoms with E-state index < -0.39 is 0 Å². The molecule has 0 spiro atoms. The van der Waals surface area contributed by atoms with Gasteiger partial charge in [-0.2, -0.15) is 0 Å². The van der Waals surface area contributed by atoms with Gasteiger partial charge in [0.1, 0.15) is 10.7 Å². The standard InChI is InChI=1S/C16H19ClN4OS.2ClH/c17-13-3-1-12(2-4-13)10-20-5-7-21(8-6-20)16(22)14-11-23-15(9-18)19-14;;/h1-4,11H,5-10,18H2;2*1H. The predicted octanol–water partition coefficient (Wildman–Crippen LogP) is 3.06. The molecule has 2 N–H and O–H groups in total. The van der Waals surface area contributed by atoms with Crippen molar-refractivity contribution < 1.29 is 4.79 Å². The fourth-order valence-corrected chi connectivity index (χ4v) is 3.40. The molecule has 1 aromatic carbocycles. The molecule has 0 saturated carbocycles. The van der Waals surface area contributed by atoms with Crippen molar-refractivity contribution in [2.45, 2.75) is 13.1 Å². The zero-order valence-corrected chi connectivity index (χ0v) is 16.8. The second-order valence-corrected chi connectivity index (χ2v) is 6.90. The molecule has 2 heterocycles. The van der Waals surface area contributed by atoms with E-state index in [2.05, 4.69) is 9.88 Å². The number of carbonyl (C=O) groups excluding carboxylic acids is 1. The van der Waals surface area contributed by atoms with Crippen LogP contribution in [0.5, 0.6) is 0 Å². The van der Waals surface area contributed by atoms with Crippen LogP contribution < -0.4 is 5.73 Å². The molecule has 1 aromatic heterocycles. The number of amides is 1. The quantitative estimate of drug-likeness (QED) is 0.821. The summed E-state index contributed by atoms with van der Waals surface area (Å²) in [7, 11) is 0. The van der Waals surface area contributed by atoms with E-state index in [4.69, 9.17) is 17.3 Å². The second kappa shape index (κ2) is 10.3. The Bertz CT molecular complexity index is 672. The molecule has 3 rings (SSSR count). The van der Waals surface area contributed by atoms with Gasteiger partial charge in [0, 0.05) is 49.7 Å². The van der Waals surface area contributed by atoms with Gasteiger partial charge in [-0.1, -0.05) is 23.7 Å². The third-order valence-corrected chi connectivity index (χ3v) is 5.05. The lowest BCUT2D eigenvalue weighted by Crippen LogP contribution is -2.48. The number of hydrogen-bond donors (Lipinski definition) is 1. The number of rotatable bonds is 4. The molecule has 0 radical (unpaired) electrons. The van der Waals surface area contributed by atoms with Crippen LogP contribution in [0.25, 0.3) is 0 Å². The summed E-state index contributed by atoms with van der Waals surface area (Å²) in [4.78, 5) is 20.9. The molecule has 0 unspecified atom stereocenters.